The lowest BCUT2D eigenvalue weighted by atomic mass is 9.85. The molecular formula is C27H48O3. The number of carbonyl (C=O) groups is 2. The standard InChI is InChI=1S/C20H32O2.C5H10O.C2H6/c1-14(2)12-17-10-8-9-11-18(17)16(5)13-20(6,7)22-19(21)15(3)4;1-5(2,3)4-6;1-2/h8-11,14-16H,12-13H2,1-7H3;4H,1-3H3;1-2H3. The predicted molar refractivity (Wildman–Crippen MR) is 130 cm³/mol. The van der Waals surface area contributed by atoms with Crippen LogP contribution in [0.5, 0.6) is 0 Å². The Morgan fingerprint density at radius 3 is 1.83 bits per heavy atom. The molecule has 1 aromatic rings. The minimum Gasteiger partial charge on any atom is -0.459 e. The third-order valence-corrected chi connectivity index (χ3v) is 4.21. The van der Waals surface area contributed by atoms with E-state index in [-0.39, 0.29) is 17.3 Å². The highest BCUT2D eigenvalue weighted by molar-refractivity contribution is 5.72. The minimum absolute atomic E-state index is 0.0807. The molecule has 1 rings (SSSR count). The molecule has 0 aromatic heterocycles. The Balaban J connectivity index is 0. The zero-order chi connectivity index (χ0) is 24.1. The summed E-state index contributed by atoms with van der Waals surface area (Å²) >= 11 is 0. The topological polar surface area (TPSA) is 43.4 Å². The number of esters is 1. The summed E-state index contributed by atoms with van der Waals surface area (Å²) in [7, 11) is 0. The zero-order valence-corrected chi connectivity index (χ0v) is 21.8. The van der Waals surface area contributed by atoms with Crippen molar-refractivity contribution >= 4 is 12.3 Å². The van der Waals surface area contributed by atoms with Gasteiger partial charge in [-0.15, -0.1) is 0 Å². The van der Waals surface area contributed by atoms with Crippen molar-refractivity contribution in [3.8, 4) is 0 Å². The molecule has 0 bridgehead atoms. The highest BCUT2D eigenvalue weighted by atomic mass is 16.6. The van der Waals surface area contributed by atoms with E-state index < -0.39 is 5.60 Å². The van der Waals surface area contributed by atoms with Crippen molar-refractivity contribution in [1.82, 2.24) is 0 Å². The summed E-state index contributed by atoms with van der Waals surface area (Å²) in [5, 5.41) is 0. The molecule has 0 spiro atoms. The summed E-state index contributed by atoms with van der Waals surface area (Å²) in [6, 6.07) is 8.64. The van der Waals surface area contributed by atoms with Crippen LogP contribution >= 0.6 is 0 Å². The third-order valence-electron chi connectivity index (χ3n) is 4.21. The molecule has 0 aliphatic rings. The lowest BCUT2D eigenvalue weighted by Gasteiger charge is -2.30. The summed E-state index contributed by atoms with van der Waals surface area (Å²) < 4.78 is 5.67. The first kappa shape index (κ1) is 30.6. The van der Waals surface area contributed by atoms with Gasteiger partial charge < -0.3 is 9.53 Å². The number of benzene rings is 1. The molecular weight excluding hydrogens is 372 g/mol. The molecule has 1 aromatic carbocycles. The van der Waals surface area contributed by atoms with Gasteiger partial charge in [0.2, 0.25) is 0 Å². The van der Waals surface area contributed by atoms with Crippen molar-refractivity contribution in [1.29, 1.82) is 0 Å². The molecule has 0 N–H and O–H groups in total. The summed E-state index contributed by atoms with van der Waals surface area (Å²) in [4.78, 5) is 21.7. The van der Waals surface area contributed by atoms with Gasteiger partial charge in [0.15, 0.2) is 0 Å². The summed E-state index contributed by atoms with van der Waals surface area (Å²) in [5.74, 6) is 0.806. The fraction of sp³-hybridized carbons (Fsp3) is 0.704. The quantitative estimate of drug-likeness (QED) is 0.336. The highest BCUT2D eigenvalue weighted by Gasteiger charge is 2.28. The third kappa shape index (κ3) is 14.4. The monoisotopic (exact) mass is 420 g/mol. The Bertz CT molecular complexity index is 607. The lowest BCUT2D eigenvalue weighted by Crippen LogP contribution is -2.31. The molecule has 174 valence electrons. The van der Waals surface area contributed by atoms with Gasteiger partial charge >= 0.3 is 5.97 Å². The number of hydrogen-bond donors (Lipinski definition) is 0. The largest absolute Gasteiger partial charge is 0.459 e. The van der Waals surface area contributed by atoms with Crippen molar-refractivity contribution in [3.63, 3.8) is 0 Å². The number of ether oxygens (including phenoxy) is 1. The predicted octanol–water partition coefficient (Wildman–Crippen LogP) is 7.61. The first-order valence-electron chi connectivity index (χ1n) is 11.5. The van der Waals surface area contributed by atoms with E-state index in [4.69, 9.17) is 4.74 Å². The van der Waals surface area contributed by atoms with Gasteiger partial charge in [0, 0.05) is 5.41 Å². The lowest BCUT2D eigenvalue weighted by molar-refractivity contribution is -0.161. The minimum atomic E-state index is -0.439. The number of rotatable bonds is 7. The van der Waals surface area contributed by atoms with Crippen molar-refractivity contribution < 1.29 is 14.3 Å². The number of aldehydes is 1. The first-order valence-corrected chi connectivity index (χ1v) is 11.5. The average Bonchev–Trinajstić information content (AvgIpc) is 2.62. The van der Waals surface area contributed by atoms with Gasteiger partial charge in [-0.25, -0.2) is 0 Å². The van der Waals surface area contributed by atoms with Gasteiger partial charge in [-0.1, -0.05) is 93.5 Å². The maximum atomic E-state index is 11.9. The second-order valence-corrected chi connectivity index (χ2v) is 10.2. The first-order chi connectivity index (χ1) is 13.7. The van der Waals surface area contributed by atoms with E-state index in [1.807, 2.05) is 62.3 Å². The van der Waals surface area contributed by atoms with Crippen LogP contribution in [0.3, 0.4) is 0 Å². The number of hydrogen-bond acceptors (Lipinski definition) is 3. The average molecular weight is 421 g/mol. The Morgan fingerprint density at radius 2 is 1.43 bits per heavy atom. The van der Waals surface area contributed by atoms with E-state index in [1.54, 1.807) is 0 Å². The second-order valence-electron chi connectivity index (χ2n) is 10.2. The van der Waals surface area contributed by atoms with E-state index in [2.05, 4.69) is 45.0 Å². The Hall–Kier alpha value is -1.64. The van der Waals surface area contributed by atoms with Gasteiger partial charge in [0.25, 0.3) is 0 Å². The maximum absolute atomic E-state index is 11.9. The second kappa shape index (κ2) is 14.4. The van der Waals surface area contributed by atoms with Crippen LogP contribution in [-0.2, 0) is 20.7 Å². The molecule has 1 unspecified atom stereocenters. The molecule has 0 aliphatic heterocycles. The SMILES string of the molecule is CC.CC(C)(C)C=O.CC(C)Cc1ccccc1C(C)CC(C)(C)OC(=O)C(C)C. The van der Waals surface area contributed by atoms with Crippen LogP contribution < -0.4 is 0 Å². The van der Waals surface area contributed by atoms with Crippen LogP contribution in [0.4, 0.5) is 0 Å². The molecule has 1 atom stereocenters. The van der Waals surface area contributed by atoms with Gasteiger partial charge in [0.1, 0.15) is 11.9 Å². The van der Waals surface area contributed by atoms with Gasteiger partial charge in [-0.2, -0.15) is 0 Å². The Labute approximate surface area is 187 Å². The molecule has 30 heavy (non-hydrogen) atoms. The van der Waals surface area contributed by atoms with Crippen LogP contribution in [0.25, 0.3) is 0 Å². The number of carbonyl (C=O) groups excluding carboxylic acids is 2. The fourth-order valence-corrected chi connectivity index (χ4v) is 2.92. The van der Waals surface area contributed by atoms with Crippen LogP contribution in [-0.4, -0.2) is 17.9 Å². The molecule has 0 fully saturated rings. The molecule has 0 heterocycles. The van der Waals surface area contributed by atoms with Crippen molar-refractivity contribution in [2.75, 3.05) is 0 Å². The molecule has 0 saturated heterocycles. The van der Waals surface area contributed by atoms with Crippen molar-refractivity contribution in [2.45, 2.75) is 107 Å². The van der Waals surface area contributed by atoms with Crippen LogP contribution in [0, 0.1) is 17.3 Å². The van der Waals surface area contributed by atoms with Crippen molar-refractivity contribution in [2.24, 2.45) is 17.3 Å². The smallest absolute Gasteiger partial charge is 0.308 e. The summed E-state index contributed by atoms with van der Waals surface area (Å²) in [6.45, 7) is 24.1. The highest BCUT2D eigenvalue weighted by Crippen LogP contribution is 2.31. The molecule has 0 radical (unpaired) electrons. The van der Waals surface area contributed by atoms with E-state index in [0.29, 0.717) is 11.8 Å². The molecule has 0 aliphatic carbocycles. The molecule has 3 nitrogen and oxygen atoms in total. The normalized spacial score (nSPS) is 12.3. The maximum Gasteiger partial charge on any atom is 0.308 e. The molecule has 0 amide bonds. The zero-order valence-electron chi connectivity index (χ0n) is 21.8. The molecule has 0 saturated carbocycles. The Morgan fingerprint density at radius 1 is 0.967 bits per heavy atom. The van der Waals surface area contributed by atoms with E-state index >= 15 is 0 Å². The molecule has 3 heteroatoms. The van der Waals surface area contributed by atoms with E-state index in [0.717, 1.165) is 19.1 Å². The van der Waals surface area contributed by atoms with Gasteiger partial charge in [-0.3, -0.25) is 4.79 Å². The van der Waals surface area contributed by atoms with E-state index in [1.165, 1.54) is 11.1 Å². The van der Waals surface area contributed by atoms with Crippen LogP contribution in [0.2, 0.25) is 0 Å². The summed E-state index contributed by atoms with van der Waals surface area (Å²) in [5.41, 5.74) is 2.21. The van der Waals surface area contributed by atoms with Gasteiger partial charge in [-0.05, 0) is 49.7 Å². The Kier molecular flexibility index (Phi) is 14.6. The summed E-state index contributed by atoms with van der Waals surface area (Å²) in [6.07, 6.45) is 2.86. The van der Waals surface area contributed by atoms with Gasteiger partial charge in [0.05, 0.1) is 5.92 Å². The van der Waals surface area contributed by atoms with E-state index in [9.17, 15) is 9.59 Å². The van der Waals surface area contributed by atoms with Crippen LogP contribution in [0.15, 0.2) is 24.3 Å². The fourth-order valence-electron chi connectivity index (χ4n) is 2.92. The van der Waals surface area contributed by atoms with Crippen LogP contribution in [0.1, 0.15) is 107 Å². The van der Waals surface area contributed by atoms with Crippen molar-refractivity contribution in [3.05, 3.63) is 35.4 Å².